The van der Waals surface area contributed by atoms with Gasteiger partial charge in [-0.2, -0.15) is 0 Å². The van der Waals surface area contributed by atoms with Crippen molar-refractivity contribution in [2.75, 3.05) is 13.1 Å². The summed E-state index contributed by atoms with van der Waals surface area (Å²) >= 11 is 0. The molecular weight excluding hydrogens is 290 g/mol. The highest BCUT2D eigenvalue weighted by Crippen LogP contribution is 2.14. The van der Waals surface area contributed by atoms with Crippen LogP contribution in [0, 0.1) is 0 Å². The van der Waals surface area contributed by atoms with E-state index < -0.39 is 0 Å². The van der Waals surface area contributed by atoms with Crippen molar-refractivity contribution >= 4 is 11.8 Å². The van der Waals surface area contributed by atoms with Crippen molar-refractivity contribution in [3.8, 4) is 0 Å². The second-order valence-electron chi connectivity index (χ2n) is 5.62. The lowest BCUT2D eigenvalue weighted by Crippen LogP contribution is -2.28. The number of rotatable bonds is 4. The second-order valence-corrected chi connectivity index (χ2v) is 5.62. The highest BCUT2D eigenvalue weighted by molar-refractivity contribution is 5.95. The van der Waals surface area contributed by atoms with Crippen molar-refractivity contribution in [1.82, 2.24) is 15.2 Å². The zero-order valence-corrected chi connectivity index (χ0v) is 12.9. The number of benzene rings is 1. The number of aromatic nitrogens is 1. The molecule has 0 aliphatic carbocycles. The number of nitrogens with zero attached hydrogens (tertiary/aromatic N) is 2. The lowest BCUT2D eigenvalue weighted by molar-refractivity contribution is 0.0792. The molecule has 1 fully saturated rings. The van der Waals surface area contributed by atoms with Gasteiger partial charge in [0.2, 0.25) is 0 Å². The lowest BCUT2D eigenvalue weighted by Gasteiger charge is -2.15. The Kier molecular flexibility index (Phi) is 4.66. The average Bonchev–Trinajstić information content (AvgIpc) is 3.14. The second kappa shape index (κ2) is 7.05. The van der Waals surface area contributed by atoms with E-state index in [-0.39, 0.29) is 11.8 Å². The molecule has 5 nitrogen and oxygen atoms in total. The Morgan fingerprint density at radius 1 is 1.04 bits per heavy atom. The first-order valence-corrected chi connectivity index (χ1v) is 7.80. The standard InChI is InChI=1S/C18H19N3O2/c22-17(15-6-8-19-9-7-15)20-13-14-4-3-5-16(12-14)18(23)21-10-1-2-11-21/h3-9,12H,1-2,10-11,13H2,(H,20,22). The molecule has 1 saturated heterocycles. The normalized spacial score (nSPS) is 13.8. The first kappa shape index (κ1) is 15.2. The summed E-state index contributed by atoms with van der Waals surface area (Å²) in [5.74, 6) is -0.0755. The van der Waals surface area contributed by atoms with Crippen LogP contribution in [0.5, 0.6) is 0 Å². The van der Waals surface area contributed by atoms with Gasteiger partial charge in [0, 0.05) is 43.2 Å². The molecule has 1 aliphatic heterocycles. The molecule has 2 aromatic rings. The smallest absolute Gasteiger partial charge is 0.253 e. The van der Waals surface area contributed by atoms with E-state index in [1.54, 1.807) is 24.5 Å². The molecule has 1 aromatic carbocycles. The van der Waals surface area contributed by atoms with Gasteiger partial charge in [-0.25, -0.2) is 0 Å². The van der Waals surface area contributed by atoms with Crippen LogP contribution >= 0.6 is 0 Å². The van der Waals surface area contributed by atoms with Crippen molar-refractivity contribution in [1.29, 1.82) is 0 Å². The quantitative estimate of drug-likeness (QED) is 0.942. The van der Waals surface area contributed by atoms with Crippen LogP contribution in [-0.2, 0) is 6.54 Å². The number of hydrogen-bond donors (Lipinski definition) is 1. The molecule has 1 aromatic heterocycles. The number of nitrogens with one attached hydrogen (secondary N) is 1. The number of carbonyl (C=O) groups excluding carboxylic acids is 2. The van der Waals surface area contributed by atoms with Crippen molar-refractivity contribution in [2.24, 2.45) is 0 Å². The fourth-order valence-corrected chi connectivity index (χ4v) is 2.70. The molecule has 0 unspecified atom stereocenters. The van der Waals surface area contributed by atoms with Crippen LogP contribution in [0.3, 0.4) is 0 Å². The molecule has 0 radical (unpaired) electrons. The number of amides is 2. The monoisotopic (exact) mass is 309 g/mol. The average molecular weight is 309 g/mol. The third kappa shape index (κ3) is 3.74. The number of hydrogen-bond acceptors (Lipinski definition) is 3. The molecule has 0 spiro atoms. The molecule has 0 atom stereocenters. The summed E-state index contributed by atoms with van der Waals surface area (Å²) in [5.41, 5.74) is 2.17. The number of carbonyl (C=O) groups is 2. The Morgan fingerprint density at radius 3 is 2.52 bits per heavy atom. The third-order valence-electron chi connectivity index (χ3n) is 3.96. The van der Waals surface area contributed by atoms with Gasteiger partial charge in [0.05, 0.1) is 0 Å². The molecule has 0 saturated carbocycles. The summed E-state index contributed by atoms with van der Waals surface area (Å²) in [6.07, 6.45) is 5.33. The van der Waals surface area contributed by atoms with Gasteiger partial charge < -0.3 is 10.2 Å². The third-order valence-corrected chi connectivity index (χ3v) is 3.96. The fourth-order valence-electron chi connectivity index (χ4n) is 2.70. The van der Waals surface area contributed by atoms with Gasteiger partial charge in [-0.1, -0.05) is 12.1 Å². The summed E-state index contributed by atoms with van der Waals surface area (Å²) in [4.78, 5) is 30.2. The summed E-state index contributed by atoms with van der Waals surface area (Å²) in [6.45, 7) is 2.06. The highest BCUT2D eigenvalue weighted by atomic mass is 16.2. The van der Waals surface area contributed by atoms with Gasteiger partial charge >= 0.3 is 0 Å². The Labute approximate surface area is 135 Å². The zero-order valence-electron chi connectivity index (χ0n) is 12.9. The van der Waals surface area contributed by atoms with E-state index >= 15 is 0 Å². The maximum atomic E-state index is 12.4. The van der Waals surface area contributed by atoms with E-state index in [2.05, 4.69) is 10.3 Å². The van der Waals surface area contributed by atoms with Crippen molar-refractivity contribution in [3.05, 3.63) is 65.5 Å². The molecule has 2 amide bonds. The van der Waals surface area contributed by atoms with Crippen molar-refractivity contribution in [2.45, 2.75) is 19.4 Å². The van der Waals surface area contributed by atoms with Crippen molar-refractivity contribution in [3.63, 3.8) is 0 Å². The van der Waals surface area contributed by atoms with Crippen molar-refractivity contribution < 1.29 is 9.59 Å². The molecule has 118 valence electrons. The summed E-state index contributed by atoms with van der Waals surface area (Å²) in [7, 11) is 0. The minimum atomic E-state index is -0.149. The van der Waals surface area contributed by atoms with E-state index in [1.165, 1.54) is 0 Å². The van der Waals surface area contributed by atoms with Crippen LogP contribution in [0.2, 0.25) is 0 Å². The molecule has 1 N–H and O–H groups in total. The summed E-state index contributed by atoms with van der Waals surface area (Å²) in [5, 5.41) is 2.86. The van der Waals surface area contributed by atoms with E-state index in [9.17, 15) is 9.59 Å². The Bertz CT molecular complexity index is 694. The molecule has 23 heavy (non-hydrogen) atoms. The molecule has 0 bridgehead atoms. The Hall–Kier alpha value is -2.69. The van der Waals surface area contributed by atoms with Crippen LogP contribution in [-0.4, -0.2) is 34.8 Å². The van der Waals surface area contributed by atoms with Gasteiger partial charge in [-0.3, -0.25) is 14.6 Å². The minimum absolute atomic E-state index is 0.0739. The first-order valence-electron chi connectivity index (χ1n) is 7.80. The molecule has 5 heteroatoms. The summed E-state index contributed by atoms with van der Waals surface area (Å²) in [6, 6.07) is 10.8. The van der Waals surface area contributed by atoms with E-state index in [1.807, 2.05) is 29.2 Å². The predicted octanol–water partition coefficient (Wildman–Crippen LogP) is 2.25. The molecule has 1 aliphatic rings. The maximum Gasteiger partial charge on any atom is 0.253 e. The fraction of sp³-hybridized carbons (Fsp3) is 0.278. The van der Waals surface area contributed by atoms with Gasteiger partial charge in [-0.05, 0) is 42.7 Å². The van der Waals surface area contributed by atoms with Crippen LogP contribution in [0.25, 0.3) is 0 Å². The highest BCUT2D eigenvalue weighted by Gasteiger charge is 2.19. The maximum absolute atomic E-state index is 12.4. The van der Waals surface area contributed by atoms with E-state index in [0.717, 1.165) is 31.5 Å². The first-order chi connectivity index (χ1) is 11.2. The lowest BCUT2D eigenvalue weighted by atomic mass is 10.1. The van der Waals surface area contributed by atoms with Crippen LogP contribution < -0.4 is 5.32 Å². The number of likely N-dealkylation sites (tertiary alicyclic amines) is 1. The molecular formula is C18H19N3O2. The SMILES string of the molecule is O=C(NCc1cccc(C(=O)N2CCCC2)c1)c1ccncc1. The van der Waals surface area contributed by atoms with Gasteiger partial charge in [0.1, 0.15) is 0 Å². The topological polar surface area (TPSA) is 62.3 Å². The number of pyridine rings is 1. The van der Waals surface area contributed by atoms with Crippen LogP contribution in [0.15, 0.2) is 48.8 Å². The van der Waals surface area contributed by atoms with E-state index in [0.29, 0.717) is 17.7 Å². The Morgan fingerprint density at radius 2 is 1.78 bits per heavy atom. The van der Waals surface area contributed by atoms with Gasteiger partial charge in [-0.15, -0.1) is 0 Å². The van der Waals surface area contributed by atoms with E-state index in [4.69, 9.17) is 0 Å². The van der Waals surface area contributed by atoms with Crippen LogP contribution in [0.4, 0.5) is 0 Å². The molecule has 2 heterocycles. The largest absolute Gasteiger partial charge is 0.348 e. The Balaban J connectivity index is 1.63. The van der Waals surface area contributed by atoms with Gasteiger partial charge in [0.25, 0.3) is 11.8 Å². The van der Waals surface area contributed by atoms with Crippen LogP contribution in [0.1, 0.15) is 39.1 Å². The minimum Gasteiger partial charge on any atom is -0.348 e. The predicted molar refractivity (Wildman–Crippen MR) is 87.0 cm³/mol. The summed E-state index contributed by atoms with van der Waals surface area (Å²) < 4.78 is 0. The van der Waals surface area contributed by atoms with Gasteiger partial charge in [0.15, 0.2) is 0 Å². The zero-order chi connectivity index (χ0) is 16.1. The molecule has 3 rings (SSSR count).